The minimum atomic E-state index is -0.303. The molecule has 1 unspecified atom stereocenters. The maximum atomic E-state index is 12.2. The van der Waals surface area contributed by atoms with E-state index in [0.717, 1.165) is 5.56 Å². The molecule has 1 atom stereocenters. The van der Waals surface area contributed by atoms with E-state index in [2.05, 4.69) is 10.6 Å². The molecule has 0 radical (unpaired) electrons. The van der Waals surface area contributed by atoms with Crippen molar-refractivity contribution in [2.75, 3.05) is 25.2 Å². The molecule has 1 saturated heterocycles. The first-order valence-corrected chi connectivity index (χ1v) is 8.93. The predicted octanol–water partition coefficient (Wildman–Crippen LogP) is 2.59. The Morgan fingerprint density at radius 2 is 1.93 bits per heavy atom. The molecule has 2 N–H and O–H groups in total. The van der Waals surface area contributed by atoms with Crippen molar-refractivity contribution >= 4 is 17.6 Å². The monoisotopic (exact) mass is 367 g/mol. The van der Waals surface area contributed by atoms with Crippen LogP contribution in [0.15, 0.2) is 48.5 Å². The number of carbonyl (C=O) groups is 2. The van der Waals surface area contributed by atoms with Gasteiger partial charge >= 0.3 is 6.03 Å². The van der Waals surface area contributed by atoms with Gasteiger partial charge in [0.1, 0.15) is 0 Å². The zero-order valence-electron chi connectivity index (χ0n) is 14.8. The first-order valence-electron chi connectivity index (χ1n) is 8.93. The van der Waals surface area contributed by atoms with E-state index < -0.39 is 0 Å². The number of likely N-dealkylation sites (tertiary alicyclic amines) is 1. The fourth-order valence-corrected chi connectivity index (χ4v) is 3.33. The van der Waals surface area contributed by atoms with Gasteiger partial charge in [-0.1, -0.05) is 30.3 Å². The first-order chi connectivity index (χ1) is 13.2. The van der Waals surface area contributed by atoms with E-state index in [-0.39, 0.29) is 24.6 Å². The lowest BCUT2D eigenvalue weighted by molar-refractivity contribution is -0.128. The molecule has 0 spiro atoms. The van der Waals surface area contributed by atoms with Crippen LogP contribution >= 0.6 is 0 Å². The van der Waals surface area contributed by atoms with Crippen LogP contribution in [-0.2, 0) is 11.3 Å². The highest BCUT2D eigenvalue weighted by Crippen LogP contribution is 2.34. The molecule has 2 aromatic carbocycles. The number of fused-ring (bicyclic) bond motifs is 1. The number of urea groups is 1. The van der Waals surface area contributed by atoms with Crippen LogP contribution in [0, 0.1) is 5.92 Å². The van der Waals surface area contributed by atoms with Crippen LogP contribution in [0.25, 0.3) is 0 Å². The number of anilines is 1. The van der Waals surface area contributed by atoms with Gasteiger partial charge in [-0.05, 0) is 17.7 Å². The van der Waals surface area contributed by atoms with Crippen molar-refractivity contribution < 1.29 is 19.1 Å². The molecule has 2 heterocycles. The van der Waals surface area contributed by atoms with Gasteiger partial charge in [-0.15, -0.1) is 0 Å². The zero-order chi connectivity index (χ0) is 18.6. The SMILES string of the molecule is O=C(NCC1CC(=O)N(Cc2ccccc2)C1)Nc1ccc2c(c1)OCO2. The Labute approximate surface area is 157 Å². The van der Waals surface area contributed by atoms with Gasteiger partial charge in [0.25, 0.3) is 0 Å². The highest BCUT2D eigenvalue weighted by atomic mass is 16.7. The summed E-state index contributed by atoms with van der Waals surface area (Å²) in [4.78, 5) is 26.2. The Balaban J connectivity index is 1.25. The van der Waals surface area contributed by atoms with Crippen LogP contribution in [0.1, 0.15) is 12.0 Å². The number of nitrogens with one attached hydrogen (secondary N) is 2. The molecule has 7 heteroatoms. The van der Waals surface area contributed by atoms with E-state index in [9.17, 15) is 9.59 Å². The number of carbonyl (C=O) groups excluding carboxylic acids is 2. The summed E-state index contributed by atoms with van der Waals surface area (Å²) in [6.07, 6.45) is 0.455. The standard InChI is InChI=1S/C20H21N3O4/c24-19-8-15(12-23(19)11-14-4-2-1-3-5-14)10-21-20(25)22-16-6-7-17-18(9-16)27-13-26-17/h1-7,9,15H,8,10-13H2,(H2,21,22,25). The van der Waals surface area contributed by atoms with Crippen molar-refractivity contribution in [1.29, 1.82) is 0 Å². The second-order valence-corrected chi connectivity index (χ2v) is 6.73. The highest BCUT2D eigenvalue weighted by molar-refractivity contribution is 5.89. The number of hydrogen-bond acceptors (Lipinski definition) is 4. The van der Waals surface area contributed by atoms with Gasteiger partial charge in [0.05, 0.1) is 0 Å². The topological polar surface area (TPSA) is 79.9 Å². The van der Waals surface area contributed by atoms with E-state index in [1.807, 2.05) is 35.2 Å². The number of amides is 3. The lowest BCUT2D eigenvalue weighted by Gasteiger charge is -2.17. The molecule has 0 aliphatic carbocycles. The Morgan fingerprint density at radius 3 is 2.78 bits per heavy atom. The normalized spacial score (nSPS) is 17.9. The molecule has 0 saturated carbocycles. The molecule has 0 aromatic heterocycles. The molecule has 0 bridgehead atoms. The molecule has 2 aliphatic rings. The molecule has 4 rings (SSSR count). The van der Waals surface area contributed by atoms with Crippen molar-refractivity contribution in [1.82, 2.24) is 10.2 Å². The summed E-state index contributed by atoms with van der Waals surface area (Å²) >= 11 is 0. The van der Waals surface area contributed by atoms with Crippen LogP contribution in [0.5, 0.6) is 11.5 Å². The minimum absolute atomic E-state index is 0.115. The average molecular weight is 367 g/mol. The molecular weight excluding hydrogens is 346 g/mol. The minimum Gasteiger partial charge on any atom is -0.454 e. The molecular formula is C20H21N3O4. The first kappa shape index (κ1) is 17.2. The third kappa shape index (κ3) is 4.13. The number of hydrogen-bond donors (Lipinski definition) is 2. The van der Waals surface area contributed by atoms with Gasteiger partial charge in [0, 0.05) is 43.7 Å². The van der Waals surface area contributed by atoms with E-state index in [0.29, 0.717) is 43.2 Å². The summed E-state index contributed by atoms with van der Waals surface area (Å²) in [6, 6.07) is 14.9. The van der Waals surface area contributed by atoms with Crippen LogP contribution < -0.4 is 20.1 Å². The number of benzene rings is 2. The number of rotatable bonds is 5. The van der Waals surface area contributed by atoms with Gasteiger partial charge in [0.2, 0.25) is 12.7 Å². The molecule has 2 aliphatic heterocycles. The Hall–Kier alpha value is -3.22. The van der Waals surface area contributed by atoms with E-state index >= 15 is 0 Å². The molecule has 2 aromatic rings. The lowest BCUT2D eigenvalue weighted by atomic mass is 10.1. The van der Waals surface area contributed by atoms with Crippen LogP contribution in [0.3, 0.4) is 0 Å². The smallest absolute Gasteiger partial charge is 0.319 e. The van der Waals surface area contributed by atoms with Crippen molar-refractivity contribution in [3.63, 3.8) is 0 Å². The maximum absolute atomic E-state index is 12.2. The molecule has 27 heavy (non-hydrogen) atoms. The largest absolute Gasteiger partial charge is 0.454 e. The van der Waals surface area contributed by atoms with Gasteiger partial charge in [-0.25, -0.2) is 4.79 Å². The predicted molar refractivity (Wildman–Crippen MR) is 99.6 cm³/mol. The average Bonchev–Trinajstić information content (AvgIpc) is 3.27. The van der Waals surface area contributed by atoms with Crippen LogP contribution in [-0.4, -0.2) is 36.7 Å². The summed E-state index contributed by atoms with van der Waals surface area (Å²) in [5, 5.41) is 5.62. The summed E-state index contributed by atoms with van der Waals surface area (Å²) in [5.41, 5.74) is 1.74. The van der Waals surface area contributed by atoms with Gasteiger partial charge in [-0.2, -0.15) is 0 Å². The number of nitrogens with zero attached hydrogens (tertiary/aromatic N) is 1. The zero-order valence-corrected chi connectivity index (χ0v) is 14.8. The van der Waals surface area contributed by atoms with Crippen molar-refractivity contribution in [2.45, 2.75) is 13.0 Å². The Bertz CT molecular complexity index is 840. The fraction of sp³-hybridized carbons (Fsp3) is 0.300. The molecule has 140 valence electrons. The molecule has 7 nitrogen and oxygen atoms in total. The summed E-state index contributed by atoms with van der Waals surface area (Å²) < 4.78 is 10.5. The summed E-state index contributed by atoms with van der Waals surface area (Å²) in [6.45, 7) is 1.91. The van der Waals surface area contributed by atoms with Crippen molar-refractivity contribution in [3.8, 4) is 11.5 Å². The third-order valence-electron chi connectivity index (χ3n) is 4.69. The number of ether oxygens (including phenoxy) is 2. The fourth-order valence-electron chi connectivity index (χ4n) is 3.33. The van der Waals surface area contributed by atoms with Crippen molar-refractivity contribution in [3.05, 3.63) is 54.1 Å². The van der Waals surface area contributed by atoms with E-state index in [4.69, 9.17) is 9.47 Å². The Kier molecular flexibility index (Phi) is 4.82. The maximum Gasteiger partial charge on any atom is 0.319 e. The lowest BCUT2D eigenvalue weighted by Crippen LogP contribution is -2.34. The van der Waals surface area contributed by atoms with Gasteiger partial charge in [-0.3, -0.25) is 4.79 Å². The highest BCUT2D eigenvalue weighted by Gasteiger charge is 2.29. The summed E-state index contributed by atoms with van der Waals surface area (Å²) in [7, 11) is 0. The van der Waals surface area contributed by atoms with E-state index in [1.165, 1.54) is 0 Å². The van der Waals surface area contributed by atoms with Gasteiger partial charge < -0.3 is 25.0 Å². The Morgan fingerprint density at radius 1 is 1.11 bits per heavy atom. The van der Waals surface area contributed by atoms with Crippen LogP contribution in [0.2, 0.25) is 0 Å². The second-order valence-electron chi connectivity index (χ2n) is 6.73. The molecule has 3 amide bonds. The quantitative estimate of drug-likeness (QED) is 0.851. The van der Waals surface area contributed by atoms with E-state index in [1.54, 1.807) is 18.2 Å². The van der Waals surface area contributed by atoms with Crippen LogP contribution in [0.4, 0.5) is 10.5 Å². The molecule has 1 fully saturated rings. The van der Waals surface area contributed by atoms with Crippen molar-refractivity contribution in [2.24, 2.45) is 5.92 Å². The second kappa shape index (κ2) is 7.57. The summed E-state index contributed by atoms with van der Waals surface area (Å²) in [5.74, 6) is 1.53. The third-order valence-corrected chi connectivity index (χ3v) is 4.69. The van der Waals surface area contributed by atoms with Gasteiger partial charge in [0.15, 0.2) is 11.5 Å².